The maximum atomic E-state index is 12.4. The van der Waals surface area contributed by atoms with Gasteiger partial charge >= 0.3 is 5.97 Å². The molecule has 1 aliphatic carbocycles. The molecule has 0 atom stereocenters. The number of nitrogens with zero attached hydrogens (tertiary/aromatic N) is 2. The lowest BCUT2D eigenvalue weighted by Crippen LogP contribution is -2.14. The Morgan fingerprint density at radius 2 is 2.22 bits per heavy atom. The van der Waals surface area contributed by atoms with Crippen LogP contribution in [-0.2, 0) is 24.2 Å². The molecule has 0 amide bonds. The molecule has 0 unspecified atom stereocenters. The van der Waals surface area contributed by atoms with Crippen LogP contribution in [0.3, 0.4) is 0 Å². The quantitative estimate of drug-likeness (QED) is 0.404. The normalized spacial score (nSPS) is 12.9. The van der Waals surface area contributed by atoms with E-state index in [4.69, 9.17) is 16.3 Å². The van der Waals surface area contributed by atoms with E-state index >= 15 is 0 Å². The number of fused-ring (bicyclic) bond motifs is 3. The second-order valence-corrected chi connectivity index (χ2v) is 7.54. The molecule has 0 fully saturated rings. The Bertz CT molecular complexity index is 1150. The fourth-order valence-corrected chi connectivity index (χ4v) is 4.58. The molecule has 4 rings (SSSR count). The van der Waals surface area contributed by atoms with Crippen molar-refractivity contribution in [3.05, 3.63) is 65.5 Å². The van der Waals surface area contributed by atoms with Gasteiger partial charge in [0.1, 0.15) is 22.3 Å². The van der Waals surface area contributed by atoms with Gasteiger partial charge in [0.2, 0.25) is 0 Å². The molecular weight excluding hydrogens is 394 g/mol. The van der Waals surface area contributed by atoms with E-state index in [0.29, 0.717) is 10.2 Å². The number of nitro benzene ring substituents is 1. The lowest BCUT2D eigenvalue weighted by atomic mass is 10.2. The molecule has 27 heavy (non-hydrogen) atoms. The predicted octanol–water partition coefficient (Wildman–Crippen LogP) is 3.39. The molecule has 1 aromatic carbocycles. The number of aromatic amines is 1. The first-order valence-corrected chi connectivity index (χ1v) is 9.28. The van der Waals surface area contributed by atoms with E-state index in [0.717, 1.165) is 30.9 Å². The number of carbonyl (C=O) groups excluding carboxylic acids is 1. The number of thiophene rings is 1. The monoisotopic (exact) mass is 405 g/mol. The zero-order valence-corrected chi connectivity index (χ0v) is 15.4. The number of halogens is 1. The zero-order valence-electron chi connectivity index (χ0n) is 13.8. The van der Waals surface area contributed by atoms with Crippen molar-refractivity contribution in [3.8, 4) is 0 Å². The van der Waals surface area contributed by atoms with E-state index < -0.39 is 10.9 Å². The van der Waals surface area contributed by atoms with Crippen LogP contribution in [0.2, 0.25) is 5.02 Å². The average molecular weight is 406 g/mol. The van der Waals surface area contributed by atoms with Crippen LogP contribution in [0.1, 0.15) is 33.0 Å². The van der Waals surface area contributed by atoms with Gasteiger partial charge in [0.05, 0.1) is 15.9 Å². The molecule has 8 nitrogen and oxygen atoms in total. The van der Waals surface area contributed by atoms with Gasteiger partial charge in [-0.2, -0.15) is 0 Å². The van der Waals surface area contributed by atoms with Crippen molar-refractivity contribution in [3.63, 3.8) is 0 Å². The van der Waals surface area contributed by atoms with Crippen LogP contribution in [0.25, 0.3) is 10.2 Å². The number of hydrogen-bond acceptors (Lipinski definition) is 7. The fraction of sp³-hybridized carbons (Fsp3) is 0.235. The first-order chi connectivity index (χ1) is 12.9. The third kappa shape index (κ3) is 3.19. The highest BCUT2D eigenvalue weighted by Crippen LogP contribution is 2.34. The minimum absolute atomic E-state index is 0.00961. The smallest absolute Gasteiger partial charge is 0.338 e. The summed E-state index contributed by atoms with van der Waals surface area (Å²) in [4.78, 5) is 43.6. The number of H-pyrrole nitrogens is 1. The lowest BCUT2D eigenvalue weighted by Gasteiger charge is -2.05. The highest BCUT2D eigenvalue weighted by molar-refractivity contribution is 7.18. The summed E-state index contributed by atoms with van der Waals surface area (Å²) in [7, 11) is 0. The van der Waals surface area contributed by atoms with Crippen molar-refractivity contribution in [1.82, 2.24) is 9.97 Å². The van der Waals surface area contributed by atoms with Crippen molar-refractivity contribution >= 4 is 44.8 Å². The molecule has 1 aliphatic rings. The number of aromatic nitrogens is 2. The topological polar surface area (TPSA) is 115 Å². The van der Waals surface area contributed by atoms with Crippen molar-refractivity contribution < 1.29 is 14.5 Å². The molecule has 0 saturated carbocycles. The third-order valence-corrected chi connectivity index (χ3v) is 5.85. The van der Waals surface area contributed by atoms with Gasteiger partial charge < -0.3 is 9.72 Å². The first kappa shape index (κ1) is 17.6. The number of carbonyl (C=O) groups is 1. The molecule has 1 N–H and O–H groups in total. The van der Waals surface area contributed by atoms with E-state index in [1.165, 1.54) is 28.3 Å². The molecule has 2 aromatic heterocycles. The number of rotatable bonds is 4. The van der Waals surface area contributed by atoms with Crippen molar-refractivity contribution in [2.45, 2.75) is 25.9 Å². The second-order valence-electron chi connectivity index (χ2n) is 6.05. The van der Waals surface area contributed by atoms with Crippen molar-refractivity contribution in [1.29, 1.82) is 0 Å². The predicted molar refractivity (Wildman–Crippen MR) is 99.5 cm³/mol. The second kappa shape index (κ2) is 6.75. The SMILES string of the molecule is O=C(OCc1nc2sc3c(c2c(=O)[nH]1)CCC3)c1ccc(Cl)c([N+](=O)[O-])c1. The van der Waals surface area contributed by atoms with Crippen LogP contribution in [-0.4, -0.2) is 20.9 Å². The Morgan fingerprint density at radius 1 is 1.41 bits per heavy atom. The van der Waals surface area contributed by atoms with Gasteiger partial charge in [-0.25, -0.2) is 9.78 Å². The number of esters is 1. The van der Waals surface area contributed by atoms with Crippen LogP contribution in [0.5, 0.6) is 0 Å². The number of ether oxygens (including phenoxy) is 1. The Kier molecular flexibility index (Phi) is 4.40. The highest BCUT2D eigenvalue weighted by atomic mass is 35.5. The molecule has 0 bridgehead atoms. The van der Waals surface area contributed by atoms with Gasteiger partial charge in [-0.1, -0.05) is 11.6 Å². The average Bonchev–Trinajstić information content (AvgIpc) is 3.20. The van der Waals surface area contributed by atoms with Crippen LogP contribution in [0, 0.1) is 10.1 Å². The fourth-order valence-electron chi connectivity index (χ4n) is 3.11. The molecule has 138 valence electrons. The minimum atomic E-state index is -0.772. The van der Waals surface area contributed by atoms with Gasteiger partial charge in [0.15, 0.2) is 0 Å². The van der Waals surface area contributed by atoms with Crippen molar-refractivity contribution in [2.75, 3.05) is 0 Å². The Balaban J connectivity index is 1.55. The van der Waals surface area contributed by atoms with E-state index in [1.54, 1.807) is 0 Å². The van der Waals surface area contributed by atoms with E-state index in [-0.39, 0.29) is 34.3 Å². The maximum absolute atomic E-state index is 12.4. The van der Waals surface area contributed by atoms with Crippen LogP contribution in [0.15, 0.2) is 23.0 Å². The molecular formula is C17H12ClN3O5S. The molecule has 2 heterocycles. The summed E-state index contributed by atoms with van der Waals surface area (Å²) in [5.74, 6) is -0.546. The largest absolute Gasteiger partial charge is 0.454 e. The molecule has 0 aliphatic heterocycles. The van der Waals surface area contributed by atoms with Crippen molar-refractivity contribution in [2.24, 2.45) is 0 Å². The summed E-state index contributed by atoms with van der Waals surface area (Å²) in [6.07, 6.45) is 2.88. The summed E-state index contributed by atoms with van der Waals surface area (Å²) in [6.45, 7) is -0.247. The highest BCUT2D eigenvalue weighted by Gasteiger charge is 2.22. The zero-order chi connectivity index (χ0) is 19.1. The number of hydrogen-bond donors (Lipinski definition) is 1. The number of nitro groups is 1. The Hall–Kier alpha value is -2.78. The van der Waals surface area contributed by atoms with E-state index in [9.17, 15) is 19.7 Å². The van der Waals surface area contributed by atoms with Gasteiger partial charge in [-0.15, -0.1) is 11.3 Å². The Labute approximate surface area is 160 Å². The third-order valence-electron chi connectivity index (χ3n) is 4.34. The maximum Gasteiger partial charge on any atom is 0.338 e. The molecule has 3 aromatic rings. The first-order valence-electron chi connectivity index (χ1n) is 8.08. The van der Waals surface area contributed by atoms with Crippen LogP contribution in [0.4, 0.5) is 5.69 Å². The Morgan fingerprint density at radius 3 is 3.00 bits per heavy atom. The number of benzene rings is 1. The summed E-state index contributed by atoms with van der Waals surface area (Å²) < 4.78 is 5.14. The molecule has 10 heteroatoms. The van der Waals surface area contributed by atoms with Crippen LogP contribution < -0.4 is 5.56 Å². The number of nitrogens with one attached hydrogen (secondary N) is 1. The van der Waals surface area contributed by atoms with Gasteiger partial charge in [0, 0.05) is 10.9 Å². The number of aryl methyl sites for hydroxylation is 2. The lowest BCUT2D eigenvalue weighted by molar-refractivity contribution is -0.384. The summed E-state index contributed by atoms with van der Waals surface area (Å²) in [5.41, 5.74) is 0.435. The molecule has 0 saturated heterocycles. The molecule has 0 radical (unpaired) electrons. The van der Waals surface area contributed by atoms with Gasteiger partial charge in [-0.3, -0.25) is 14.9 Å². The van der Waals surface area contributed by atoms with Gasteiger partial charge in [0.25, 0.3) is 11.2 Å². The standard InChI is InChI=1S/C17H12ClN3O5S/c18-10-5-4-8(6-11(10)21(24)25)17(23)26-7-13-19-15(22)14-9-2-1-3-12(9)27-16(14)20-13/h4-6H,1-3,7H2,(H,19,20,22). The summed E-state index contributed by atoms with van der Waals surface area (Å²) >= 11 is 7.22. The summed E-state index contributed by atoms with van der Waals surface area (Å²) in [5, 5.41) is 11.5. The summed E-state index contributed by atoms with van der Waals surface area (Å²) in [6, 6.07) is 3.64. The van der Waals surface area contributed by atoms with Crippen LogP contribution >= 0.6 is 22.9 Å². The van der Waals surface area contributed by atoms with Gasteiger partial charge in [-0.05, 0) is 37.0 Å². The van der Waals surface area contributed by atoms with E-state index in [2.05, 4.69) is 9.97 Å². The van der Waals surface area contributed by atoms with E-state index in [1.807, 2.05) is 0 Å². The minimum Gasteiger partial charge on any atom is -0.454 e. The molecule has 0 spiro atoms.